The van der Waals surface area contributed by atoms with Crippen molar-refractivity contribution in [2.24, 2.45) is 0 Å². The van der Waals surface area contributed by atoms with Gasteiger partial charge in [-0.25, -0.2) is 0 Å². The molecule has 0 saturated carbocycles. The van der Waals surface area contributed by atoms with Crippen LogP contribution in [-0.2, 0) is 0 Å². The van der Waals surface area contributed by atoms with Gasteiger partial charge in [0.05, 0.1) is 8.07 Å². The van der Waals surface area contributed by atoms with Crippen LogP contribution in [0.2, 0.25) is 13.1 Å². The Balaban J connectivity index is 1.76. The zero-order valence-corrected chi connectivity index (χ0v) is 17.4. The molecule has 0 bridgehead atoms. The van der Waals surface area contributed by atoms with Gasteiger partial charge in [-0.15, -0.1) is 0 Å². The van der Waals surface area contributed by atoms with E-state index in [1.54, 1.807) is 0 Å². The van der Waals surface area contributed by atoms with Gasteiger partial charge in [0.15, 0.2) is 0 Å². The van der Waals surface area contributed by atoms with Crippen molar-refractivity contribution in [3.8, 4) is 5.75 Å². The number of rotatable bonds is 6. The lowest BCUT2D eigenvalue weighted by Crippen LogP contribution is -2.47. The van der Waals surface area contributed by atoms with Gasteiger partial charge in [0, 0.05) is 29.9 Å². The molecule has 1 fully saturated rings. The van der Waals surface area contributed by atoms with E-state index in [-0.39, 0.29) is 0 Å². The predicted molar refractivity (Wildman–Crippen MR) is 117 cm³/mol. The van der Waals surface area contributed by atoms with Crippen molar-refractivity contribution in [3.05, 3.63) is 78.4 Å². The van der Waals surface area contributed by atoms with Crippen molar-refractivity contribution >= 4 is 19.0 Å². The Kier molecular flexibility index (Phi) is 4.96. The van der Waals surface area contributed by atoms with Gasteiger partial charge in [0.25, 0.3) is 0 Å². The summed E-state index contributed by atoms with van der Waals surface area (Å²) in [6.45, 7) is 11.7. The van der Waals surface area contributed by atoms with Crippen LogP contribution in [0.3, 0.4) is 0 Å². The number of para-hydroxylation sites is 1. The Morgan fingerprint density at radius 3 is 2.56 bits per heavy atom. The molecule has 0 amide bonds. The average Bonchev–Trinajstić information content (AvgIpc) is 3.34. The van der Waals surface area contributed by atoms with Gasteiger partial charge in [-0.05, 0) is 29.7 Å². The predicted octanol–water partition coefficient (Wildman–Crippen LogP) is 4.94. The molecule has 1 aliphatic carbocycles. The van der Waals surface area contributed by atoms with Crippen LogP contribution in [0.5, 0.6) is 5.75 Å². The van der Waals surface area contributed by atoms with Gasteiger partial charge in [-0.1, -0.05) is 74.3 Å². The third-order valence-corrected chi connectivity index (χ3v) is 9.89. The summed E-state index contributed by atoms with van der Waals surface area (Å²) >= 11 is 0. The molecule has 0 N–H and O–H groups in total. The molecule has 3 heteroatoms. The van der Waals surface area contributed by atoms with E-state index in [1.165, 1.54) is 47.9 Å². The highest BCUT2D eigenvalue weighted by Crippen LogP contribution is 2.43. The second-order valence-electron chi connectivity index (χ2n) is 8.13. The highest BCUT2D eigenvalue weighted by atomic mass is 28.3. The van der Waals surface area contributed by atoms with Crippen LogP contribution in [0.1, 0.15) is 29.5 Å². The number of benzene rings is 2. The summed E-state index contributed by atoms with van der Waals surface area (Å²) in [5.74, 6) is 1.02. The van der Waals surface area contributed by atoms with Crippen molar-refractivity contribution < 1.29 is 4.74 Å². The summed E-state index contributed by atoms with van der Waals surface area (Å²) in [6.07, 6.45) is 7.00. The Bertz CT molecular complexity index is 864. The second-order valence-corrected chi connectivity index (χ2v) is 12.7. The highest BCUT2D eigenvalue weighted by Gasteiger charge is 2.41. The number of allylic oxidation sites excluding steroid dienone is 1. The standard InChI is InChI=1S/C24H29NOSi/c1-4-17-26-22-13-7-8-14-23(22)27(2,3)24-18-21(25-15-9-10-16-25)19-11-5-6-12-20(19)24/h4-8,11-14,18,24H,1,9-10,15-17H2,2-3H3. The lowest BCUT2D eigenvalue weighted by Gasteiger charge is -2.31. The monoisotopic (exact) mass is 375 g/mol. The summed E-state index contributed by atoms with van der Waals surface area (Å²) in [4.78, 5) is 2.59. The minimum absolute atomic E-state index is 0.470. The molecule has 140 valence electrons. The van der Waals surface area contributed by atoms with Crippen LogP contribution >= 0.6 is 0 Å². The lowest BCUT2D eigenvalue weighted by atomic mass is 10.1. The number of hydrogen-bond acceptors (Lipinski definition) is 2. The molecule has 27 heavy (non-hydrogen) atoms. The summed E-state index contributed by atoms with van der Waals surface area (Å²) in [5.41, 5.74) is 4.86. The lowest BCUT2D eigenvalue weighted by molar-refractivity contribution is 0.366. The third-order valence-electron chi connectivity index (χ3n) is 6.06. The normalized spacial score (nSPS) is 19.0. The molecule has 0 spiro atoms. The van der Waals surface area contributed by atoms with Gasteiger partial charge in [0.1, 0.15) is 12.4 Å². The van der Waals surface area contributed by atoms with Crippen molar-refractivity contribution in [2.75, 3.05) is 19.7 Å². The fourth-order valence-electron chi connectivity index (χ4n) is 4.61. The van der Waals surface area contributed by atoms with Crippen molar-refractivity contribution in [1.82, 2.24) is 4.90 Å². The molecule has 2 aromatic carbocycles. The van der Waals surface area contributed by atoms with Gasteiger partial charge in [-0.3, -0.25) is 0 Å². The first kappa shape index (κ1) is 18.1. The summed E-state index contributed by atoms with van der Waals surface area (Å²) in [7, 11) is -1.85. The summed E-state index contributed by atoms with van der Waals surface area (Å²) in [5, 5.41) is 1.39. The van der Waals surface area contributed by atoms with Crippen LogP contribution in [-0.4, -0.2) is 32.7 Å². The van der Waals surface area contributed by atoms with E-state index in [4.69, 9.17) is 4.74 Å². The van der Waals surface area contributed by atoms with Crippen LogP contribution in [0.15, 0.2) is 67.3 Å². The smallest absolute Gasteiger partial charge is 0.119 e. The first-order chi connectivity index (χ1) is 13.1. The molecule has 0 aromatic heterocycles. The SMILES string of the molecule is C=CCOc1ccccc1[Si](C)(C)C1C=C(N2CCCC2)c2ccccc21. The highest BCUT2D eigenvalue weighted by molar-refractivity contribution is 6.92. The van der Waals surface area contributed by atoms with Crippen LogP contribution < -0.4 is 9.92 Å². The van der Waals surface area contributed by atoms with Crippen LogP contribution in [0.4, 0.5) is 0 Å². The van der Waals surface area contributed by atoms with Gasteiger partial charge >= 0.3 is 0 Å². The number of hydrogen-bond donors (Lipinski definition) is 0. The van der Waals surface area contributed by atoms with E-state index in [2.05, 4.69) is 79.2 Å². The minimum Gasteiger partial charge on any atom is -0.490 e. The Labute approximate surface area is 164 Å². The van der Waals surface area contributed by atoms with Crippen LogP contribution in [0.25, 0.3) is 5.70 Å². The van der Waals surface area contributed by atoms with E-state index in [1.807, 2.05) is 6.08 Å². The van der Waals surface area contributed by atoms with E-state index in [9.17, 15) is 0 Å². The first-order valence-electron chi connectivity index (χ1n) is 10.0. The van der Waals surface area contributed by atoms with Crippen molar-refractivity contribution in [3.63, 3.8) is 0 Å². The Morgan fingerprint density at radius 1 is 1.07 bits per heavy atom. The van der Waals surface area contributed by atoms with Crippen LogP contribution in [0, 0.1) is 0 Å². The number of nitrogens with zero attached hydrogens (tertiary/aromatic N) is 1. The zero-order valence-electron chi connectivity index (χ0n) is 16.4. The zero-order chi connectivity index (χ0) is 18.9. The summed E-state index contributed by atoms with van der Waals surface area (Å²) in [6, 6.07) is 17.6. The van der Waals surface area contributed by atoms with Gasteiger partial charge in [0.2, 0.25) is 0 Å². The fourth-order valence-corrected chi connectivity index (χ4v) is 7.87. The third kappa shape index (κ3) is 3.25. The second kappa shape index (κ2) is 7.39. The first-order valence-corrected chi connectivity index (χ1v) is 13.1. The largest absolute Gasteiger partial charge is 0.490 e. The fraction of sp³-hybridized carbons (Fsp3) is 0.333. The summed E-state index contributed by atoms with van der Waals surface area (Å²) < 4.78 is 6.03. The molecule has 1 saturated heterocycles. The van der Waals surface area contributed by atoms with E-state index >= 15 is 0 Å². The minimum atomic E-state index is -1.85. The van der Waals surface area contributed by atoms with Gasteiger partial charge in [-0.2, -0.15) is 0 Å². The van der Waals surface area contributed by atoms with E-state index < -0.39 is 8.07 Å². The Hall–Kier alpha value is -2.26. The molecule has 0 radical (unpaired) electrons. The maximum Gasteiger partial charge on any atom is 0.119 e. The maximum atomic E-state index is 6.03. The Morgan fingerprint density at radius 2 is 1.78 bits per heavy atom. The number of ether oxygens (including phenoxy) is 1. The number of likely N-dealkylation sites (tertiary alicyclic amines) is 1. The van der Waals surface area contributed by atoms with E-state index in [0.717, 1.165) is 5.75 Å². The number of fused-ring (bicyclic) bond motifs is 1. The molecule has 2 nitrogen and oxygen atoms in total. The average molecular weight is 376 g/mol. The molecule has 4 rings (SSSR count). The van der Waals surface area contributed by atoms with Gasteiger partial charge < -0.3 is 9.64 Å². The van der Waals surface area contributed by atoms with Crippen molar-refractivity contribution in [2.45, 2.75) is 31.5 Å². The molecule has 1 heterocycles. The molecule has 2 aliphatic rings. The molecule has 1 unspecified atom stereocenters. The quantitative estimate of drug-likeness (QED) is 0.524. The molecule has 1 atom stereocenters. The molecular formula is C24H29NOSi. The van der Waals surface area contributed by atoms with E-state index in [0.29, 0.717) is 12.1 Å². The molecular weight excluding hydrogens is 346 g/mol. The van der Waals surface area contributed by atoms with Crippen molar-refractivity contribution in [1.29, 1.82) is 0 Å². The maximum absolute atomic E-state index is 6.03. The topological polar surface area (TPSA) is 12.5 Å². The molecule has 1 aliphatic heterocycles. The molecule has 2 aromatic rings.